The van der Waals surface area contributed by atoms with Crippen LogP contribution in [0, 0.1) is 0 Å². The molecule has 0 atom stereocenters. The van der Waals surface area contributed by atoms with Crippen molar-refractivity contribution in [3.05, 3.63) is 23.3 Å². The summed E-state index contributed by atoms with van der Waals surface area (Å²) in [5.41, 5.74) is -2.83. The van der Waals surface area contributed by atoms with Crippen LogP contribution in [-0.2, 0) is 0 Å². The summed E-state index contributed by atoms with van der Waals surface area (Å²) in [6.45, 7) is 0. The highest BCUT2D eigenvalue weighted by Gasteiger charge is 2.23. The van der Waals surface area contributed by atoms with Crippen LogP contribution in [-0.4, -0.2) is 32.1 Å². The maximum absolute atomic E-state index is 12.3. The van der Waals surface area contributed by atoms with E-state index in [1.807, 2.05) is 0 Å². The zero-order chi connectivity index (χ0) is 11.6. The van der Waals surface area contributed by atoms with Gasteiger partial charge in [0.15, 0.2) is 11.4 Å². The quantitative estimate of drug-likeness (QED) is 0.778. The summed E-state index contributed by atoms with van der Waals surface area (Å²) < 4.78 is 24.5. The fourth-order valence-corrected chi connectivity index (χ4v) is 0.823. The van der Waals surface area contributed by atoms with Crippen molar-refractivity contribution in [2.75, 3.05) is 0 Å². The summed E-state index contributed by atoms with van der Waals surface area (Å²) in [5.74, 6) is -3.24. The Morgan fingerprint density at radius 2 is 1.87 bits per heavy atom. The largest absolute Gasteiger partial charge is 0.476 e. The van der Waals surface area contributed by atoms with Crippen molar-refractivity contribution in [2.45, 2.75) is 6.43 Å². The van der Waals surface area contributed by atoms with Crippen molar-refractivity contribution < 1.29 is 28.6 Å². The second-order valence-corrected chi connectivity index (χ2v) is 2.40. The molecule has 0 unspecified atom stereocenters. The van der Waals surface area contributed by atoms with Gasteiger partial charge in [-0.3, -0.25) is 0 Å². The smallest absolute Gasteiger partial charge is 0.356 e. The van der Waals surface area contributed by atoms with Crippen LogP contribution in [0.25, 0.3) is 0 Å². The molecule has 0 saturated heterocycles. The Kier molecular flexibility index (Phi) is 2.88. The zero-order valence-electron chi connectivity index (χ0n) is 7.02. The molecule has 8 heteroatoms. The number of aromatic nitrogens is 2. The predicted octanol–water partition coefficient (Wildman–Crippen LogP) is 0.811. The van der Waals surface area contributed by atoms with E-state index in [1.165, 1.54) is 0 Å². The van der Waals surface area contributed by atoms with Crippen molar-refractivity contribution in [1.29, 1.82) is 0 Å². The highest BCUT2D eigenvalue weighted by molar-refractivity contribution is 5.89. The molecular formula is C7H4F2N2O4. The highest BCUT2D eigenvalue weighted by atomic mass is 19.3. The SMILES string of the molecule is O=C(O)c1cnc(C(=O)O)c(C(F)F)n1. The Bertz CT molecular complexity index is 421. The lowest BCUT2D eigenvalue weighted by Gasteiger charge is -2.03. The van der Waals surface area contributed by atoms with Gasteiger partial charge in [-0.25, -0.2) is 28.3 Å². The molecule has 0 saturated carbocycles. The van der Waals surface area contributed by atoms with Crippen LogP contribution in [0.15, 0.2) is 6.20 Å². The molecular weight excluding hydrogens is 214 g/mol. The number of rotatable bonds is 3. The molecule has 80 valence electrons. The van der Waals surface area contributed by atoms with E-state index in [0.29, 0.717) is 6.20 Å². The molecule has 1 aromatic rings. The van der Waals surface area contributed by atoms with Gasteiger partial charge in [0.1, 0.15) is 5.69 Å². The standard InChI is InChI=1S/C7H4F2N2O4/c8-5(9)3-4(7(14)15)10-1-2(11-3)6(12)13/h1,5H,(H,12,13)(H,14,15). The number of halogens is 2. The third-order valence-corrected chi connectivity index (χ3v) is 1.43. The minimum atomic E-state index is -3.19. The van der Waals surface area contributed by atoms with Gasteiger partial charge >= 0.3 is 11.9 Å². The lowest BCUT2D eigenvalue weighted by Crippen LogP contribution is -2.12. The first kappa shape index (κ1) is 11.0. The van der Waals surface area contributed by atoms with Gasteiger partial charge in [0.05, 0.1) is 6.20 Å². The van der Waals surface area contributed by atoms with E-state index >= 15 is 0 Å². The molecule has 0 amide bonds. The van der Waals surface area contributed by atoms with Crippen molar-refractivity contribution in [3.63, 3.8) is 0 Å². The minimum absolute atomic E-state index is 0.609. The average Bonchev–Trinajstić information content (AvgIpc) is 2.16. The minimum Gasteiger partial charge on any atom is -0.476 e. The van der Waals surface area contributed by atoms with E-state index in [9.17, 15) is 18.4 Å². The summed E-state index contributed by atoms with van der Waals surface area (Å²) >= 11 is 0. The molecule has 0 aliphatic rings. The molecule has 1 rings (SSSR count). The van der Waals surface area contributed by atoms with E-state index in [4.69, 9.17) is 10.2 Å². The normalized spacial score (nSPS) is 10.3. The summed E-state index contributed by atoms with van der Waals surface area (Å²) in [7, 11) is 0. The number of alkyl halides is 2. The highest BCUT2D eigenvalue weighted by Crippen LogP contribution is 2.19. The lowest BCUT2D eigenvalue weighted by molar-refractivity contribution is 0.0656. The van der Waals surface area contributed by atoms with E-state index in [0.717, 1.165) is 0 Å². The van der Waals surface area contributed by atoms with E-state index < -0.39 is 35.4 Å². The van der Waals surface area contributed by atoms with Crippen LogP contribution in [0.2, 0.25) is 0 Å². The van der Waals surface area contributed by atoms with Crippen molar-refractivity contribution in [1.82, 2.24) is 9.97 Å². The van der Waals surface area contributed by atoms with Gasteiger partial charge in [0, 0.05) is 0 Å². The summed E-state index contributed by atoms with van der Waals surface area (Å²) in [5, 5.41) is 16.9. The van der Waals surface area contributed by atoms with E-state index in [-0.39, 0.29) is 0 Å². The van der Waals surface area contributed by atoms with Gasteiger partial charge in [-0.05, 0) is 0 Å². The van der Waals surface area contributed by atoms with Crippen LogP contribution < -0.4 is 0 Å². The molecule has 0 radical (unpaired) electrons. The fraction of sp³-hybridized carbons (Fsp3) is 0.143. The zero-order valence-corrected chi connectivity index (χ0v) is 7.02. The Morgan fingerprint density at radius 1 is 1.27 bits per heavy atom. The van der Waals surface area contributed by atoms with Crippen LogP contribution in [0.3, 0.4) is 0 Å². The van der Waals surface area contributed by atoms with Crippen LogP contribution in [0.5, 0.6) is 0 Å². The predicted molar refractivity (Wildman–Crippen MR) is 40.9 cm³/mol. The molecule has 0 bridgehead atoms. The van der Waals surface area contributed by atoms with Gasteiger partial charge in [-0.2, -0.15) is 0 Å². The molecule has 2 N–H and O–H groups in total. The molecule has 0 aromatic carbocycles. The van der Waals surface area contributed by atoms with E-state index in [1.54, 1.807) is 0 Å². The van der Waals surface area contributed by atoms with Gasteiger partial charge in [-0.1, -0.05) is 0 Å². The third kappa shape index (κ3) is 2.22. The first-order valence-corrected chi connectivity index (χ1v) is 3.55. The summed E-state index contributed by atoms with van der Waals surface area (Å²) in [6, 6.07) is 0. The van der Waals surface area contributed by atoms with E-state index in [2.05, 4.69) is 9.97 Å². The molecule has 0 aliphatic heterocycles. The van der Waals surface area contributed by atoms with Crippen molar-refractivity contribution in [3.8, 4) is 0 Å². The number of carboxylic acid groups (broad SMARTS) is 2. The molecule has 6 nitrogen and oxygen atoms in total. The Balaban J connectivity index is 3.33. The topological polar surface area (TPSA) is 100 Å². The molecule has 1 heterocycles. The molecule has 1 aromatic heterocycles. The van der Waals surface area contributed by atoms with Crippen molar-refractivity contribution >= 4 is 11.9 Å². The Labute approximate surface area is 81.2 Å². The Morgan fingerprint density at radius 3 is 2.27 bits per heavy atom. The van der Waals surface area contributed by atoms with Gasteiger partial charge in [0.2, 0.25) is 0 Å². The number of nitrogens with zero attached hydrogens (tertiary/aromatic N) is 2. The maximum atomic E-state index is 12.3. The maximum Gasteiger partial charge on any atom is 0.356 e. The second-order valence-electron chi connectivity index (χ2n) is 2.40. The Hall–Kier alpha value is -2.12. The summed E-state index contributed by atoms with van der Waals surface area (Å²) in [4.78, 5) is 26.9. The van der Waals surface area contributed by atoms with Crippen LogP contribution in [0.1, 0.15) is 33.1 Å². The number of hydrogen-bond acceptors (Lipinski definition) is 4. The van der Waals surface area contributed by atoms with Crippen LogP contribution in [0.4, 0.5) is 8.78 Å². The van der Waals surface area contributed by atoms with Gasteiger partial charge in [0.25, 0.3) is 6.43 Å². The van der Waals surface area contributed by atoms with Crippen LogP contribution >= 0.6 is 0 Å². The number of carbonyl (C=O) groups is 2. The molecule has 0 spiro atoms. The number of aromatic carboxylic acids is 2. The molecule has 0 fully saturated rings. The van der Waals surface area contributed by atoms with Crippen molar-refractivity contribution in [2.24, 2.45) is 0 Å². The van der Waals surface area contributed by atoms with Gasteiger partial charge < -0.3 is 10.2 Å². The summed E-state index contributed by atoms with van der Waals surface area (Å²) in [6.07, 6.45) is -2.58. The first-order valence-electron chi connectivity index (χ1n) is 3.55. The third-order valence-electron chi connectivity index (χ3n) is 1.43. The molecule has 15 heavy (non-hydrogen) atoms. The average molecular weight is 218 g/mol. The number of carboxylic acids is 2. The second kappa shape index (κ2) is 3.95. The van der Waals surface area contributed by atoms with Gasteiger partial charge in [-0.15, -0.1) is 0 Å². The lowest BCUT2D eigenvalue weighted by atomic mass is 10.3. The fourth-order valence-electron chi connectivity index (χ4n) is 0.823. The molecule has 0 aliphatic carbocycles. The first-order chi connectivity index (χ1) is 6.93. The monoisotopic (exact) mass is 218 g/mol. The number of hydrogen-bond donors (Lipinski definition) is 2.